The van der Waals surface area contributed by atoms with Crippen LogP contribution in [0.2, 0.25) is 0 Å². The fourth-order valence-electron chi connectivity index (χ4n) is 2.77. The predicted octanol–water partition coefficient (Wildman–Crippen LogP) is 1.77. The van der Waals surface area contributed by atoms with Crippen LogP contribution in [0.5, 0.6) is 0 Å². The third-order valence-corrected chi connectivity index (χ3v) is 3.77. The summed E-state index contributed by atoms with van der Waals surface area (Å²) in [6.07, 6.45) is 3.43. The summed E-state index contributed by atoms with van der Waals surface area (Å²) in [5.41, 5.74) is 6.98. The number of carboxylic acids is 1. The molecule has 5 heteroatoms. The van der Waals surface area contributed by atoms with Crippen LogP contribution in [0, 0.1) is 5.92 Å². The first-order chi connectivity index (χ1) is 9.56. The molecule has 0 aromatic heterocycles. The maximum Gasteiger partial charge on any atom is 0.306 e. The van der Waals surface area contributed by atoms with Gasteiger partial charge >= 0.3 is 5.97 Å². The van der Waals surface area contributed by atoms with Crippen LogP contribution < -0.4 is 11.1 Å². The van der Waals surface area contributed by atoms with E-state index in [0.717, 1.165) is 30.5 Å². The molecule has 1 fully saturated rings. The van der Waals surface area contributed by atoms with Crippen LogP contribution in [0.1, 0.15) is 31.2 Å². The number of benzene rings is 1. The Balaban J connectivity index is 2.05. The van der Waals surface area contributed by atoms with E-state index in [2.05, 4.69) is 5.32 Å². The molecule has 20 heavy (non-hydrogen) atoms. The summed E-state index contributed by atoms with van der Waals surface area (Å²) in [6.45, 7) is 0. The smallest absolute Gasteiger partial charge is 0.306 e. The van der Waals surface area contributed by atoms with Crippen molar-refractivity contribution in [3.8, 4) is 0 Å². The fourth-order valence-corrected chi connectivity index (χ4v) is 2.77. The molecule has 0 heterocycles. The standard InChI is InChI=1S/C15H20N2O3/c16-14(18)9-10-4-1-2-7-13(10)17-12-6-3-5-11(8-12)15(19)20/h1-2,4,7,11-12,17H,3,5-6,8-9H2,(H2,16,18)(H,19,20). The molecule has 108 valence electrons. The normalized spacial score (nSPS) is 22.2. The van der Waals surface area contributed by atoms with Crippen LogP contribution in [0.4, 0.5) is 5.69 Å². The largest absolute Gasteiger partial charge is 0.481 e. The Bertz CT molecular complexity index is 502. The fraction of sp³-hybridized carbons (Fsp3) is 0.467. The SMILES string of the molecule is NC(=O)Cc1ccccc1NC1CCCC(C(=O)O)C1. The Morgan fingerprint density at radius 3 is 2.75 bits per heavy atom. The zero-order chi connectivity index (χ0) is 14.5. The number of nitrogens with two attached hydrogens (primary N) is 1. The average molecular weight is 276 g/mol. The van der Waals surface area contributed by atoms with Crippen molar-refractivity contribution in [3.63, 3.8) is 0 Å². The van der Waals surface area contributed by atoms with Gasteiger partial charge in [-0.3, -0.25) is 9.59 Å². The highest BCUT2D eigenvalue weighted by Crippen LogP contribution is 2.28. The number of nitrogens with one attached hydrogen (secondary N) is 1. The molecule has 1 saturated carbocycles. The summed E-state index contributed by atoms with van der Waals surface area (Å²) in [4.78, 5) is 22.1. The Morgan fingerprint density at radius 2 is 2.05 bits per heavy atom. The van der Waals surface area contributed by atoms with E-state index in [1.165, 1.54) is 0 Å². The molecule has 1 aliphatic carbocycles. The van der Waals surface area contributed by atoms with E-state index in [0.29, 0.717) is 6.42 Å². The molecule has 0 aliphatic heterocycles. The molecule has 2 unspecified atom stereocenters. The number of aliphatic carboxylic acids is 1. The van der Waals surface area contributed by atoms with Crippen molar-refractivity contribution in [2.45, 2.75) is 38.1 Å². The molecule has 1 amide bonds. The maximum absolute atomic E-state index is 11.1. The second-order valence-corrected chi connectivity index (χ2v) is 5.34. The molecule has 0 spiro atoms. The van der Waals surface area contributed by atoms with Crippen molar-refractivity contribution in [3.05, 3.63) is 29.8 Å². The van der Waals surface area contributed by atoms with E-state index in [9.17, 15) is 9.59 Å². The van der Waals surface area contributed by atoms with Crippen molar-refractivity contribution >= 4 is 17.6 Å². The highest BCUT2D eigenvalue weighted by Gasteiger charge is 2.27. The van der Waals surface area contributed by atoms with Gasteiger partial charge in [-0.25, -0.2) is 0 Å². The average Bonchev–Trinajstić information content (AvgIpc) is 2.41. The minimum absolute atomic E-state index is 0.138. The molecule has 1 aliphatic rings. The third-order valence-electron chi connectivity index (χ3n) is 3.77. The molecule has 2 rings (SSSR count). The van der Waals surface area contributed by atoms with Gasteiger partial charge in [0, 0.05) is 11.7 Å². The minimum atomic E-state index is -0.720. The summed E-state index contributed by atoms with van der Waals surface area (Å²) in [7, 11) is 0. The highest BCUT2D eigenvalue weighted by atomic mass is 16.4. The molecule has 1 aromatic rings. The Morgan fingerprint density at radius 1 is 1.30 bits per heavy atom. The van der Waals surface area contributed by atoms with Gasteiger partial charge < -0.3 is 16.2 Å². The number of carbonyl (C=O) groups is 2. The molecule has 2 atom stereocenters. The molecule has 0 saturated heterocycles. The molecule has 1 aromatic carbocycles. The van der Waals surface area contributed by atoms with E-state index in [1.54, 1.807) is 0 Å². The highest BCUT2D eigenvalue weighted by molar-refractivity contribution is 5.78. The number of carbonyl (C=O) groups excluding carboxylic acids is 1. The molecular formula is C15H20N2O3. The molecule has 0 radical (unpaired) electrons. The van der Waals surface area contributed by atoms with Crippen LogP contribution in [0.15, 0.2) is 24.3 Å². The van der Waals surface area contributed by atoms with E-state index in [1.807, 2.05) is 24.3 Å². The number of hydrogen-bond acceptors (Lipinski definition) is 3. The monoisotopic (exact) mass is 276 g/mol. The summed E-state index contributed by atoms with van der Waals surface area (Å²) < 4.78 is 0. The topological polar surface area (TPSA) is 92.4 Å². The predicted molar refractivity (Wildman–Crippen MR) is 76.3 cm³/mol. The van der Waals surface area contributed by atoms with Gasteiger partial charge in [-0.2, -0.15) is 0 Å². The van der Waals surface area contributed by atoms with Gasteiger partial charge in [-0.15, -0.1) is 0 Å². The first kappa shape index (κ1) is 14.4. The van der Waals surface area contributed by atoms with Crippen LogP contribution in [-0.2, 0) is 16.0 Å². The summed E-state index contributed by atoms with van der Waals surface area (Å²) >= 11 is 0. The summed E-state index contributed by atoms with van der Waals surface area (Å²) in [6, 6.07) is 7.67. The number of hydrogen-bond donors (Lipinski definition) is 3. The van der Waals surface area contributed by atoms with Crippen molar-refractivity contribution < 1.29 is 14.7 Å². The summed E-state index contributed by atoms with van der Waals surface area (Å²) in [5, 5.41) is 12.5. The zero-order valence-electron chi connectivity index (χ0n) is 11.3. The van der Waals surface area contributed by atoms with Gasteiger partial charge in [0.15, 0.2) is 0 Å². The van der Waals surface area contributed by atoms with Gasteiger partial charge in [0.1, 0.15) is 0 Å². The van der Waals surface area contributed by atoms with Gasteiger partial charge in [-0.1, -0.05) is 24.6 Å². The Hall–Kier alpha value is -2.04. The quantitative estimate of drug-likeness (QED) is 0.764. The maximum atomic E-state index is 11.1. The minimum Gasteiger partial charge on any atom is -0.481 e. The van der Waals surface area contributed by atoms with Crippen molar-refractivity contribution in [1.82, 2.24) is 0 Å². The lowest BCUT2D eigenvalue weighted by Gasteiger charge is -2.29. The van der Waals surface area contributed by atoms with Crippen molar-refractivity contribution in [2.75, 3.05) is 5.32 Å². The number of anilines is 1. The summed E-state index contributed by atoms with van der Waals surface area (Å²) in [5.74, 6) is -1.36. The van der Waals surface area contributed by atoms with Gasteiger partial charge in [0.2, 0.25) is 5.91 Å². The van der Waals surface area contributed by atoms with Gasteiger partial charge in [-0.05, 0) is 30.9 Å². The van der Waals surface area contributed by atoms with Crippen LogP contribution in [0.3, 0.4) is 0 Å². The van der Waals surface area contributed by atoms with Crippen LogP contribution >= 0.6 is 0 Å². The number of primary amides is 1. The number of carboxylic acid groups (broad SMARTS) is 1. The van der Waals surface area contributed by atoms with Gasteiger partial charge in [0.25, 0.3) is 0 Å². The van der Waals surface area contributed by atoms with Gasteiger partial charge in [0.05, 0.1) is 12.3 Å². The number of para-hydroxylation sites is 1. The van der Waals surface area contributed by atoms with Crippen LogP contribution in [-0.4, -0.2) is 23.0 Å². The van der Waals surface area contributed by atoms with E-state index < -0.39 is 5.97 Å². The molecule has 0 bridgehead atoms. The first-order valence-corrected chi connectivity index (χ1v) is 6.92. The number of amides is 1. The second kappa shape index (κ2) is 6.41. The third kappa shape index (κ3) is 3.73. The first-order valence-electron chi connectivity index (χ1n) is 6.92. The number of rotatable bonds is 5. The lowest BCUT2D eigenvalue weighted by molar-refractivity contribution is -0.142. The lowest BCUT2D eigenvalue weighted by atomic mass is 9.85. The van der Waals surface area contributed by atoms with E-state index in [4.69, 9.17) is 10.8 Å². The van der Waals surface area contributed by atoms with Crippen LogP contribution in [0.25, 0.3) is 0 Å². The van der Waals surface area contributed by atoms with E-state index >= 15 is 0 Å². The van der Waals surface area contributed by atoms with Crippen molar-refractivity contribution in [1.29, 1.82) is 0 Å². The second-order valence-electron chi connectivity index (χ2n) is 5.34. The Kier molecular flexibility index (Phi) is 4.61. The molecular weight excluding hydrogens is 256 g/mol. The van der Waals surface area contributed by atoms with E-state index in [-0.39, 0.29) is 24.3 Å². The van der Waals surface area contributed by atoms with Crippen molar-refractivity contribution in [2.24, 2.45) is 11.7 Å². The molecule has 5 nitrogen and oxygen atoms in total. The lowest BCUT2D eigenvalue weighted by Crippen LogP contribution is -2.31. The Labute approximate surface area is 118 Å². The zero-order valence-corrected chi connectivity index (χ0v) is 11.3. The molecule has 4 N–H and O–H groups in total.